The van der Waals surface area contributed by atoms with Crippen LogP contribution >= 0.6 is 0 Å². The summed E-state index contributed by atoms with van der Waals surface area (Å²) < 4.78 is 13.9. The molecule has 0 nitrogen and oxygen atoms in total. The van der Waals surface area contributed by atoms with Gasteiger partial charge in [-0.05, 0) is 24.0 Å². The fourth-order valence-electron chi connectivity index (χ4n) is 2.49. The van der Waals surface area contributed by atoms with Crippen molar-refractivity contribution < 1.29 is 4.39 Å². The average molecular weight is 241 g/mol. The first-order valence-corrected chi connectivity index (χ1v) is 6.22. The van der Waals surface area contributed by atoms with Gasteiger partial charge >= 0.3 is 0 Å². The fraction of sp³-hybridized carbons (Fsp3) is 0.235. The molecular weight excluding hydrogens is 223 g/mol. The van der Waals surface area contributed by atoms with Gasteiger partial charge in [0, 0.05) is 0 Å². The second-order valence-electron chi connectivity index (χ2n) is 4.74. The van der Waals surface area contributed by atoms with Crippen molar-refractivity contribution in [1.29, 1.82) is 0 Å². The minimum absolute atomic E-state index is 0.0488. The Balaban J connectivity index is 2.61. The lowest BCUT2D eigenvalue weighted by atomic mass is 9.68. The third kappa shape index (κ3) is 2.05. The molecular formula is C17H18F. The van der Waals surface area contributed by atoms with Crippen LogP contribution in [-0.4, -0.2) is 6.67 Å². The summed E-state index contributed by atoms with van der Waals surface area (Å²) in [6.45, 7) is 5.63. The maximum absolute atomic E-state index is 13.9. The maximum atomic E-state index is 13.9. The first-order valence-electron chi connectivity index (χ1n) is 6.22. The van der Waals surface area contributed by atoms with Gasteiger partial charge in [0.15, 0.2) is 0 Å². The minimum Gasteiger partial charge on any atom is -0.250 e. The smallest absolute Gasteiger partial charge is 0.103 e. The number of rotatable bonds is 4. The zero-order valence-electron chi connectivity index (χ0n) is 10.6. The molecule has 1 unspecified atom stereocenters. The number of alkyl halides is 1. The van der Waals surface area contributed by atoms with E-state index in [0.717, 1.165) is 11.1 Å². The molecule has 0 saturated carbocycles. The van der Waals surface area contributed by atoms with Crippen molar-refractivity contribution in [2.24, 2.45) is 5.92 Å². The van der Waals surface area contributed by atoms with Crippen LogP contribution < -0.4 is 0 Å². The molecule has 18 heavy (non-hydrogen) atoms. The average Bonchev–Trinajstić information content (AvgIpc) is 2.42. The predicted molar refractivity (Wildman–Crippen MR) is 74.2 cm³/mol. The Kier molecular flexibility index (Phi) is 3.81. The summed E-state index contributed by atoms with van der Waals surface area (Å²) in [5, 5.41) is 0. The molecule has 1 radical (unpaired) electrons. The number of hydrogen-bond acceptors (Lipinski definition) is 0. The van der Waals surface area contributed by atoms with E-state index >= 15 is 0 Å². The van der Waals surface area contributed by atoms with Crippen molar-refractivity contribution in [3.05, 3.63) is 78.7 Å². The zero-order valence-corrected chi connectivity index (χ0v) is 10.6. The van der Waals surface area contributed by atoms with Gasteiger partial charge in [-0.2, -0.15) is 0 Å². The molecule has 0 fully saturated rings. The highest BCUT2D eigenvalue weighted by Gasteiger charge is 2.37. The zero-order chi connectivity index (χ0) is 13.0. The van der Waals surface area contributed by atoms with Crippen LogP contribution in [0.15, 0.2) is 60.7 Å². The van der Waals surface area contributed by atoms with Crippen molar-refractivity contribution in [1.82, 2.24) is 0 Å². The van der Waals surface area contributed by atoms with Gasteiger partial charge in [-0.25, -0.2) is 4.39 Å². The summed E-state index contributed by atoms with van der Waals surface area (Å²) >= 11 is 0. The monoisotopic (exact) mass is 241 g/mol. The van der Waals surface area contributed by atoms with Crippen molar-refractivity contribution in [3.8, 4) is 0 Å². The fourth-order valence-corrected chi connectivity index (χ4v) is 2.49. The second kappa shape index (κ2) is 5.34. The van der Waals surface area contributed by atoms with E-state index in [1.807, 2.05) is 67.6 Å². The van der Waals surface area contributed by atoms with Gasteiger partial charge in [-0.3, -0.25) is 0 Å². The largest absolute Gasteiger partial charge is 0.250 e. The van der Waals surface area contributed by atoms with Crippen molar-refractivity contribution in [2.45, 2.75) is 12.3 Å². The second-order valence-corrected chi connectivity index (χ2v) is 4.74. The lowest BCUT2D eigenvalue weighted by Gasteiger charge is -2.36. The van der Waals surface area contributed by atoms with E-state index in [-0.39, 0.29) is 5.92 Å². The van der Waals surface area contributed by atoms with E-state index in [9.17, 15) is 4.39 Å². The molecule has 0 aromatic heterocycles. The highest BCUT2D eigenvalue weighted by atomic mass is 19.1. The Morgan fingerprint density at radius 3 is 1.61 bits per heavy atom. The molecule has 1 atom stereocenters. The Bertz CT molecular complexity index is 434. The van der Waals surface area contributed by atoms with Gasteiger partial charge in [0.25, 0.3) is 0 Å². The van der Waals surface area contributed by atoms with E-state index in [0.29, 0.717) is 0 Å². The van der Waals surface area contributed by atoms with Gasteiger partial charge in [0.1, 0.15) is 6.67 Å². The summed E-state index contributed by atoms with van der Waals surface area (Å²) in [6, 6.07) is 19.6. The minimum atomic E-state index is -0.650. The van der Waals surface area contributed by atoms with Crippen LogP contribution in [0.3, 0.4) is 0 Å². The van der Waals surface area contributed by atoms with E-state index in [1.165, 1.54) is 0 Å². The van der Waals surface area contributed by atoms with Crippen LogP contribution in [0.5, 0.6) is 0 Å². The van der Waals surface area contributed by atoms with E-state index < -0.39 is 12.1 Å². The van der Waals surface area contributed by atoms with Gasteiger partial charge < -0.3 is 0 Å². The quantitative estimate of drug-likeness (QED) is 0.743. The molecule has 0 spiro atoms. The van der Waals surface area contributed by atoms with Gasteiger partial charge in [0.05, 0.1) is 5.41 Å². The first kappa shape index (κ1) is 12.8. The Labute approximate surface area is 108 Å². The molecule has 0 heterocycles. The van der Waals surface area contributed by atoms with E-state index in [4.69, 9.17) is 0 Å². The van der Waals surface area contributed by atoms with Gasteiger partial charge in [-0.15, -0.1) is 0 Å². The third-order valence-corrected chi connectivity index (χ3v) is 3.63. The van der Waals surface area contributed by atoms with E-state index in [1.54, 1.807) is 0 Å². The summed E-state index contributed by atoms with van der Waals surface area (Å²) in [4.78, 5) is 0. The summed E-state index contributed by atoms with van der Waals surface area (Å²) in [7, 11) is 0. The molecule has 2 aromatic carbocycles. The van der Waals surface area contributed by atoms with Crippen molar-refractivity contribution in [3.63, 3.8) is 0 Å². The molecule has 0 aliphatic carbocycles. The van der Waals surface area contributed by atoms with Crippen LogP contribution in [0, 0.1) is 12.8 Å². The Morgan fingerprint density at radius 2 is 1.33 bits per heavy atom. The Morgan fingerprint density at radius 1 is 0.944 bits per heavy atom. The third-order valence-electron chi connectivity index (χ3n) is 3.63. The number of hydrogen-bond donors (Lipinski definition) is 0. The topological polar surface area (TPSA) is 0 Å². The van der Waals surface area contributed by atoms with Gasteiger partial charge in [-0.1, -0.05) is 67.6 Å². The Hall–Kier alpha value is -1.63. The highest BCUT2D eigenvalue weighted by Crippen LogP contribution is 2.39. The lowest BCUT2D eigenvalue weighted by Crippen LogP contribution is -2.36. The molecule has 0 aliphatic heterocycles. The van der Waals surface area contributed by atoms with Gasteiger partial charge in [0.2, 0.25) is 0 Å². The number of halogens is 1. The molecule has 93 valence electrons. The predicted octanol–water partition coefficient (Wildman–Crippen LogP) is 4.41. The van der Waals surface area contributed by atoms with Crippen molar-refractivity contribution in [2.75, 3.05) is 6.67 Å². The summed E-state index contributed by atoms with van der Waals surface area (Å²) in [5.74, 6) is -0.0488. The summed E-state index contributed by atoms with van der Waals surface area (Å²) in [6.07, 6.45) is 0. The van der Waals surface area contributed by atoms with E-state index in [2.05, 4.69) is 6.92 Å². The molecule has 2 rings (SSSR count). The van der Waals surface area contributed by atoms with Crippen LogP contribution in [0.1, 0.15) is 18.1 Å². The number of benzene rings is 2. The van der Waals surface area contributed by atoms with Crippen LogP contribution in [0.25, 0.3) is 0 Å². The standard InChI is InChI=1S/C17H18F/c1-14(2)17(13-18,15-9-5-3-6-10-15)16-11-7-4-8-12-16/h3-12,14H,1,13H2,2H3. The normalized spacial score (nSPS) is 11.8. The highest BCUT2D eigenvalue weighted by molar-refractivity contribution is 5.40. The van der Waals surface area contributed by atoms with Crippen LogP contribution in [0.4, 0.5) is 4.39 Å². The van der Waals surface area contributed by atoms with Crippen LogP contribution in [0.2, 0.25) is 0 Å². The molecule has 0 N–H and O–H groups in total. The van der Waals surface area contributed by atoms with Crippen molar-refractivity contribution >= 4 is 0 Å². The molecule has 0 saturated heterocycles. The molecule has 0 bridgehead atoms. The first-order chi connectivity index (χ1) is 8.71. The SMILES string of the molecule is [CH2]C(C)C(CF)(c1ccccc1)c1ccccc1. The lowest BCUT2D eigenvalue weighted by molar-refractivity contribution is 0.294. The molecule has 0 aliphatic rings. The molecule has 1 heteroatoms. The summed E-state index contributed by atoms with van der Waals surface area (Å²) in [5.41, 5.74) is 1.32. The maximum Gasteiger partial charge on any atom is 0.103 e. The van der Waals surface area contributed by atoms with Crippen LogP contribution in [-0.2, 0) is 5.41 Å². The molecule has 0 amide bonds. The molecule has 2 aromatic rings.